The zero-order valence-corrected chi connectivity index (χ0v) is 41.6. The van der Waals surface area contributed by atoms with Gasteiger partial charge in [-0.2, -0.15) is 0 Å². The van der Waals surface area contributed by atoms with Crippen LogP contribution in [0.1, 0.15) is 21.9 Å². The summed E-state index contributed by atoms with van der Waals surface area (Å²) < 4.78 is 153. The van der Waals surface area contributed by atoms with E-state index >= 15 is 0 Å². The van der Waals surface area contributed by atoms with Crippen LogP contribution in [0.15, 0.2) is 303 Å². The summed E-state index contributed by atoms with van der Waals surface area (Å²) in [6, 6.07) is 57.1. The molecule has 0 fully saturated rings. The van der Waals surface area contributed by atoms with Crippen molar-refractivity contribution in [1.82, 2.24) is 0 Å². The Kier molecular flexibility index (Phi) is 7.68. The second-order valence-corrected chi connectivity index (χ2v) is 19.5. The van der Waals surface area contributed by atoms with E-state index in [4.69, 9.17) is 0 Å². The first-order chi connectivity index (χ1) is 45.3. The first kappa shape index (κ1) is 31.7. The molecule has 15 aromatic carbocycles. The van der Waals surface area contributed by atoms with Gasteiger partial charge in [-0.15, -0.1) is 0 Å². The van der Waals surface area contributed by atoms with Crippen LogP contribution in [-0.2, 0) is 0 Å². The van der Waals surface area contributed by atoms with Crippen LogP contribution in [0, 0.1) is 0 Å². The summed E-state index contributed by atoms with van der Waals surface area (Å²) in [5, 5.41) is 2.81. The zero-order valence-electron chi connectivity index (χ0n) is 57.6. The molecule has 0 nitrogen and oxygen atoms in total. The van der Waals surface area contributed by atoms with E-state index in [1.165, 1.54) is 0 Å². The molecule has 0 aliphatic heterocycles. The van der Waals surface area contributed by atoms with Crippen molar-refractivity contribution < 1.29 is 21.9 Å². The molecule has 0 radical (unpaired) electrons. The van der Waals surface area contributed by atoms with Gasteiger partial charge >= 0.3 is 0 Å². The summed E-state index contributed by atoms with van der Waals surface area (Å²) in [6.07, 6.45) is 0. The van der Waals surface area contributed by atoms with E-state index in [2.05, 4.69) is 0 Å². The summed E-state index contributed by atoms with van der Waals surface area (Å²) in [7, 11) is 0. The molecule has 15 rings (SSSR count). The lowest BCUT2D eigenvalue weighted by Crippen LogP contribution is -1.93. The predicted octanol–water partition coefficient (Wildman–Crippen LogP) is 21.9. The Morgan fingerprint density at radius 1 is 0.167 bits per heavy atom. The van der Waals surface area contributed by atoms with Crippen LogP contribution in [0.2, 0.25) is 0 Å². The van der Waals surface area contributed by atoms with E-state index in [-0.39, 0.29) is 65.3 Å². The normalized spacial score (nSPS) is 14.5. The molecule has 15 aromatic rings. The van der Waals surface area contributed by atoms with Gasteiger partial charge in [0.05, 0.1) is 21.9 Å². The molecule has 0 saturated carbocycles. The molecule has 0 spiro atoms. The third-order valence-corrected chi connectivity index (χ3v) is 15.0. The van der Waals surface area contributed by atoms with Crippen LogP contribution in [0.3, 0.4) is 0 Å². The van der Waals surface area contributed by atoms with Crippen molar-refractivity contribution in [1.29, 1.82) is 0 Å². The Hall–Kier alpha value is -10.1. The van der Waals surface area contributed by atoms with E-state index in [0.29, 0.717) is 43.8 Å². The van der Waals surface area contributed by atoms with Gasteiger partial charge in [0.2, 0.25) is 0 Å². The average molecular weight is 1000 g/mol. The highest BCUT2D eigenvalue weighted by atomic mass is 14.2. The van der Waals surface area contributed by atoms with Crippen molar-refractivity contribution in [3.8, 4) is 89.0 Å². The number of rotatable bonds is 8. The van der Waals surface area contributed by atoms with Gasteiger partial charge in [0.15, 0.2) is 0 Å². The predicted molar refractivity (Wildman–Crippen MR) is 335 cm³/mol. The van der Waals surface area contributed by atoms with Gasteiger partial charge in [-0.05, 0) is 202 Å². The quantitative estimate of drug-likeness (QED) is 0.105. The lowest BCUT2D eigenvalue weighted by molar-refractivity contribution is 1.58. The van der Waals surface area contributed by atoms with Gasteiger partial charge in [0.1, 0.15) is 0 Å². The van der Waals surface area contributed by atoms with Crippen LogP contribution in [0.25, 0.3) is 154 Å². The topological polar surface area (TPSA) is 0 Å². The fraction of sp³-hybridized carbons (Fsp3) is 0. The van der Waals surface area contributed by atoms with E-state index < -0.39 is 96.7 Å². The summed E-state index contributed by atoms with van der Waals surface area (Å²) >= 11 is 0. The Morgan fingerprint density at radius 3 is 0.641 bits per heavy atom. The van der Waals surface area contributed by atoms with Gasteiger partial charge in [-0.3, -0.25) is 0 Å². The summed E-state index contributed by atoms with van der Waals surface area (Å²) in [4.78, 5) is 0. The molecule has 0 aromatic heterocycles. The average Bonchev–Trinajstić information content (AvgIpc) is 0.705. The number of hydrogen-bond acceptors (Lipinski definition) is 0. The lowest BCUT2D eigenvalue weighted by Gasteiger charge is -2.20. The molecule has 362 valence electrons. The van der Waals surface area contributed by atoms with Crippen molar-refractivity contribution in [3.63, 3.8) is 0 Å². The Bertz CT molecular complexity index is 5150. The highest BCUT2D eigenvalue weighted by Crippen LogP contribution is 2.49. The summed E-state index contributed by atoms with van der Waals surface area (Å²) in [6.45, 7) is 0. The second kappa shape index (κ2) is 18.9. The first-order valence-electron chi connectivity index (χ1n) is 33.7. The minimum Gasteiger partial charge on any atom is -0.0622 e. The fourth-order valence-electron chi connectivity index (χ4n) is 11.5. The largest absolute Gasteiger partial charge is 0.0629 e. The molecule has 0 bridgehead atoms. The summed E-state index contributed by atoms with van der Waals surface area (Å²) in [5.41, 5.74) is 8.67. The maximum atomic E-state index is 9.87. The van der Waals surface area contributed by atoms with Crippen molar-refractivity contribution in [2.24, 2.45) is 0 Å². The van der Waals surface area contributed by atoms with Gasteiger partial charge in [0.25, 0.3) is 0 Å². The second-order valence-electron chi connectivity index (χ2n) is 19.5. The molecule has 0 N–H and O–H groups in total. The number of benzene rings is 15. The molecule has 78 heavy (non-hydrogen) atoms. The molecule has 0 unspecified atom stereocenters. The third kappa shape index (κ3) is 7.77. The highest BCUT2D eigenvalue weighted by Gasteiger charge is 2.21. The van der Waals surface area contributed by atoms with Crippen LogP contribution in [0.4, 0.5) is 0 Å². The molecular formula is C78H50. The highest BCUT2D eigenvalue weighted by molar-refractivity contribution is 6.24. The minimum atomic E-state index is -0.550. The van der Waals surface area contributed by atoms with Crippen molar-refractivity contribution >= 4 is 64.6 Å². The van der Waals surface area contributed by atoms with Crippen LogP contribution in [-0.4, -0.2) is 0 Å². The monoisotopic (exact) mass is 1000 g/mol. The fourth-order valence-corrected chi connectivity index (χ4v) is 11.5. The Labute approximate surface area is 476 Å². The molecule has 0 atom stereocenters. The van der Waals surface area contributed by atoms with Crippen LogP contribution < -0.4 is 0 Å². The first-order valence-corrected chi connectivity index (χ1v) is 25.7. The summed E-state index contributed by atoms with van der Waals surface area (Å²) in [5.74, 6) is 0. The van der Waals surface area contributed by atoms with Crippen LogP contribution in [0.5, 0.6) is 0 Å². The maximum Gasteiger partial charge on any atom is 0.0629 e. The van der Waals surface area contributed by atoms with E-state index in [1.54, 1.807) is 12.1 Å². The van der Waals surface area contributed by atoms with Crippen LogP contribution >= 0.6 is 0 Å². The van der Waals surface area contributed by atoms with Gasteiger partial charge in [0, 0.05) is 0 Å². The minimum absolute atomic E-state index is 0.0247. The van der Waals surface area contributed by atoms with E-state index in [9.17, 15) is 21.9 Å². The molecular weight excluding hydrogens is 937 g/mol. The molecule has 0 saturated heterocycles. The van der Waals surface area contributed by atoms with E-state index in [0.717, 1.165) is 44.5 Å². The molecule has 0 amide bonds. The van der Waals surface area contributed by atoms with Gasteiger partial charge in [-0.1, -0.05) is 254 Å². The molecule has 0 aliphatic rings. The van der Waals surface area contributed by atoms with Crippen molar-refractivity contribution in [3.05, 3.63) is 303 Å². The van der Waals surface area contributed by atoms with Crippen molar-refractivity contribution in [2.75, 3.05) is 0 Å². The van der Waals surface area contributed by atoms with E-state index in [1.807, 2.05) is 194 Å². The number of fused-ring (bicyclic) bond motifs is 7. The Balaban J connectivity index is 1.05. The zero-order chi connectivity index (χ0) is 65.4. The molecule has 0 heteroatoms. The molecule has 0 heterocycles. The third-order valence-electron chi connectivity index (χ3n) is 15.0. The van der Waals surface area contributed by atoms with Gasteiger partial charge < -0.3 is 0 Å². The van der Waals surface area contributed by atoms with Gasteiger partial charge in [-0.25, -0.2) is 0 Å². The standard InChI is InChI=1S/C78H50/c1-5-21-51(22-6-1)59-43-60(52-23-7-2-8-24-52)46-63(45-59)77-69-33-17-13-29-65(69)75(66-30-14-18-34-70(66)77)57-41-39-55-37-38-56-40-42-58(50-74(56)73(55)49-57)76-67-31-15-19-35-71(67)78(72-36-20-16-32-68(72)76)64-47-61(53-25-9-3-10-26-53)44-62(48-64)54-27-11-4-12-28-54/h1-50H/i13D,14D,15D,16D,17D,18D,19D,20D,29D,30D,31D,32D,33D,34D,35D,36D. The SMILES string of the molecule is [2H]c1c([2H])c([2H])c2c(-c3ccc4ccc5ccc(-c6c7c([2H])c([2H])c([2H])c([2H])c7c(-c7cc(-c8ccccc8)cc(-c8ccccc8)c7)c7c([2H])c([2H])c([2H])c([2H])c67)cc5c4c3)c3c([2H])c([2H])c([2H])c([2H])c3c(-c3cc(-c4ccccc4)cc(-c4ccccc4)c3)c2c1[2H]. The smallest absolute Gasteiger partial charge is 0.0622 e. The van der Waals surface area contributed by atoms with Crippen molar-refractivity contribution in [2.45, 2.75) is 0 Å². The Morgan fingerprint density at radius 2 is 0.385 bits per heavy atom. The lowest BCUT2D eigenvalue weighted by atomic mass is 9.83. The maximum absolute atomic E-state index is 9.87. The molecule has 0 aliphatic carbocycles. The number of hydrogen-bond donors (Lipinski definition) is 0.